The zero-order chi connectivity index (χ0) is 17.7. The van der Waals surface area contributed by atoms with Crippen molar-refractivity contribution in [1.29, 1.82) is 0 Å². The van der Waals surface area contributed by atoms with Crippen LogP contribution in [0, 0.1) is 19.7 Å². The van der Waals surface area contributed by atoms with Gasteiger partial charge in [-0.05, 0) is 61.4 Å². The average molecular weight is 338 g/mol. The van der Waals surface area contributed by atoms with Gasteiger partial charge in [0.1, 0.15) is 5.82 Å². The van der Waals surface area contributed by atoms with Gasteiger partial charge in [0.05, 0.1) is 11.4 Å². The van der Waals surface area contributed by atoms with Gasteiger partial charge in [0.25, 0.3) is 11.8 Å². The number of aryl methyl sites for hydroxylation is 2. The van der Waals surface area contributed by atoms with Crippen LogP contribution in [0.2, 0.25) is 0 Å². The van der Waals surface area contributed by atoms with Crippen LogP contribution in [0.1, 0.15) is 11.1 Å². The molecule has 0 saturated carbocycles. The number of rotatable bonds is 2. The van der Waals surface area contributed by atoms with Gasteiger partial charge in [0.2, 0.25) is 0 Å². The van der Waals surface area contributed by atoms with Gasteiger partial charge in [0.15, 0.2) is 12.1 Å². The van der Waals surface area contributed by atoms with Crippen molar-refractivity contribution >= 4 is 23.2 Å². The number of hydrogen-bond donors (Lipinski definition) is 0. The van der Waals surface area contributed by atoms with E-state index in [1.54, 1.807) is 12.1 Å². The normalized spacial score (nSPS) is 22.0. The minimum Gasteiger partial charge on any atom is -0.271 e. The molecule has 0 bridgehead atoms. The highest BCUT2D eigenvalue weighted by Gasteiger charge is 2.55. The summed E-state index contributed by atoms with van der Waals surface area (Å²) in [5, 5.41) is 9.31. The largest absolute Gasteiger partial charge is 0.271 e. The maximum atomic E-state index is 13.1. The Morgan fingerprint density at radius 1 is 0.920 bits per heavy atom. The summed E-state index contributed by atoms with van der Waals surface area (Å²) in [4.78, 5) is 26.8. The Balaban J connectivity index is 1.71. The molecule has 0 unspecified atom stereocenters. The molecular formula is C18H15FN4O2. The first-order valence-electron chi connectivity index (χ1n) is 7.87. The van der Waals surface area contributed by atoms with Gasteiger partial charge in [-0.25, -0.2) is 14.3 Å². The van der Waals surface area contributed by atoms with Crippen LogP contribution in [-0.2, 0) is 9.59 Å². The summed E-state index contributed by atoms with van der Waals surface area (Å²) >= 11 is 0. The predicted octanol–water partition coefficient (Wildman–Crippen LogP) is 2.94. The fraction of sp³-hybridized carbons (Fsp3) is 0.222. The fourth-order valence-corrected chi connectivity index (χ4v) is 3.30. The van der Waals surface area contributed by atoms with E-state index in [9.17, 15) is 14.0 Å². The van der Waals surface area contributed by atoms with Crippen LogP contribution in [0.25, 0.3) is 0 Å². The smallest absolute Gasteiger partial charge is 0.263 e. The second kappa shape index (κ2) is 5.47. The van der Waals surface area contributed by atoms with Crippen LogP contribution < -0.4 is 9.91 Å². The topological polar surface area (TPSA) is 65.3 Å². The molecule has 126 valence electrons. The number of amides is 2. The number of imide groups is 1. The molecule has 2 aliphatic heterocycles. The number of hydrogen-bond acceptors (Lipinski definition) is 5. The molecule has 2 aromatic carbocycles. The minimum atomic E-state index is -0.877. The van der Waals surface area contributed by atoms with Gasteiger partial charge >= 0.3 is 0 Å². The van der Waals surface area contributed by atoms with Gasteiger partial charge < -0.3 is 0 Å². The number of carbonyl (C=O) groups is 2. The highest BCUT2D eigenvalue weighted by Crippen LogP contribution is 2.35. The predicted molar refractivity (Wildman–Crippen MR) is 89.7 cm³/mol. The minimum absolute atomic E-state index is 0.380. The van der Waals surface area contributed by atoms with Crippen molar-refractivity contribution in [2.45, 2.75) is 25.9 Å². The third-order valence-corrected chi connectivity index (χ3v) is 4.34. The molecule has 4 rings (SSSR count). The number of fused-ring (bicyclic) bond motifs is 1. The molecule has 6 nitrogen and oxygen atoms in total. The van der Waals surface area contributed by atoms with Gasteiger partial charge in [0, 0.05) is 0 Å². The first-order chi connectivity index (χ1) is 12.0. The van der Waals surface area contributed by atoms with Crippen molar-refractivity contribution in [1.82, 2.24) is 0 Å². The van der Waals surface area contributed by atoms with Crippen molar-refractivity contribution in [3.05, 3.63) is 59.4 Å². The summed E-state index contributed by atoms with van der Waals surface area (Å²) in [6, 6.07) is 9.42. The zero-order valence-electron chi connectivity index (χ0n) is 13.7. The molecule has 2 amide bonds. The lowest BCUT2D eigenvalue weighted by atomic mass is 10.1. The number of halogens is 1. The summed E-state index contributed by atoms with van der Waals surface area (Å²) < 4.78 is 13.1. The Labute approximate surface area is 143 Å². The lowest BCUT2D eigenvalue weighted by Gasteiger charge is -2.21. The standard InChI is InChI=1S/C18H15FN4O2/c1-10-7-11(2)9-14(8-10)22-17(24)15-16(18(22)25)23(21-20-15)13-5-3-12(19)4-6-13/h3-9,15-16H,1-2H3/t15-,16-/m1/s1. The lowest BCUT2D eigenvalue weighted by Crippen LogP contribution is -2.39. The van der Waals surface area contributed by atoms with Crippen LogP contribution in [0.4, 0.5) is 15.8 Å². The molecule has 1 saturated heterocycles. The summed E-state index contributed by atoms with van der Waals surface area (Å²) in [7, 11) is 0. The number of nitrogens with zero attached hydrogens (tertiary/aromatic N) is 4. The molecule has 0 aliphatic carbocycles. The average Bonchev–Trinajstić information content (AvgIpc) is 3.08. The van der Waals surface area contributed by atoms with Gasteiger partial charge in [-0.1, -0.05) is 11.3 Å². The van der Waals surface area contributed by atoms with Gasteiger partial charge in [-0.3, -0.25) is 9.59 Å². The van der Waals surface area contributed by atoms with Crippen molar-refractivity contribution in [2.24, 2.45) is 10.3 Å². The summed E-state index contributed by atoms with van der Waals surface area (Å²) in [5.41, 5.74) is 2.98. The van der Waals surface area contributed by atoms with E-state index in [1.807, 2.05) is 19.9 Å². The molecular weight excluding hydrogens is 323 g/mol. The van der Waals surface area contributed by atoms with E-state index in [0.29, 0.717) is 11.4 Å². The first kappa shape index (κ1) is 15.4. The summed E-state index contributed by atoms with van der Waals surface area (Å²) in [6.07, 6.45) is 0. The van der Waals surface area contributed by atoms with Crippen molar-refractivity contribution in [3.8, 4) is 0 Å². The van der Waals surface area contributed by atoms with E-state index >= 15 is 0 Å². The molecule has 0 spiro atoms. The van der Waals surface area contributed by atoms with Gasteiger partial charge in [-0.15, -0.1) is 0 Å². The highest BCUT2D eigenvalue weighted by molar-refractivity contribution is 6.26. The molecule has 2 aliphatic rings. The molecule has 2 atom stereocenters. The number of carbonyl (C=O) groups excluding carboxylic acids is 2. The van der Waals surface area contributed by atoms with E-state index in [-0.39, 0.29) is 11.7 Å². The van der Waals surface area contributed by atoms with Gasteiger partial charge in [-0.2, -0.15) is 5.11 Å². The molecule has 0 N–H and O–H groups in total. The molecule has 1 fully saturated rings. The second-order valence-electron chi connectivity index (χ2n) is 6.27. The quantitative estimate of drug-likeness (QED) is 0.791. The van der Waals surface area contributed by atoms with Crippen LogP contribution in [0.15, 0.2) is 52.8 Å². The highest BCUT2D eigenvalue weighted by atomic mass is 19.1. The molecule has 2 aromatic rings. The van der Waals surface area contributed by atoms with E-state index < -0.39 is 18.0 Å². The molecule has 0 aromatic heterocycles. The Hall–Kier alpha value is -3.09. The lowest BCUT2D eigenvalue weighted by molar-refractivity contribution is -0.121. The first-order valence-corrected chi connectivity index (χ1v) is 7.87. The third-order valence-electron chi connectivity index (χ3n) is 4.34. The van der Waals surface area contributed by atoms with Crippen LogP contribution in [-0.4, -0.2) is 23.9 Å². The molecule has 25 heavy (non-hydrogen) atoms. The molecule has 0 radical (unpaired) electrons. The third kappa shape index (κ3) is 2.39. The van der Waals surface area contributed by atoms with Crippen molar-refractivity contribution in [3.63, 3.8) is 0 Å². The van der Waals surface area contributed by atoms with Crippen LogP contribution in [0.3, 0.4) is 0 Å². The maximum absolute atomic E-state index is 13.1. The van der Waals surface area contributed by atoms with Crippen LogP contribution >= 0.6 is 0 Å². The van der Waals surface area contributed by atoms with Crippen molar-refractivity contribution < 1.29 is 14.0 Å². The number of benzene rings is 2. The Kier molecular flexibility index (Phi) is 3.38. The second-order valence-corrected chi connectivity index (χ2v) is 6.27. The van der Waals surface area contributed by atoms with Crippen LogP contribution in [0.5, 0.6) is 0 Å². The maximum Gasteiger partial charge on any atom is 0.263 e. The van der Waals surface area contributed by atoms with Crippen molar-refractivity contribution in [2.75, 3.05) is 9.91 Å². The Bertz CT molecular complexity index is 890. The summed E-state index contributed by atoms with van der Waals surface area (Å²) in [6.45, 7) is 3.82. The molecule has 7 heteroatoms. The fourth-order valence-electron chi connectivity index (χ4n) is 3.30. The van der Waals surface area contributed by atoms with E-state index in [0.717, 1.165) is 11.1 Å². The van der Waals surface area contributed by atoms with E-state index in [4.69, 9.17) is 0 Å². The number of anilines is 2. The Morgan fingerprint density at radius 3 is 2.20 bits per heavy atom. The zero-order valence-corrected chi connectivity index (χ0v) is 13.7. The van der Waals surface area contributed by atoms with E-state index in [1.165, 1.54) is 34.2 Å². The van der Waals surface area contributed by atoms with E-state index in [2.05, 4.69) is 10.3 Å². The summed E-state index contributed by atoms with van der Waals surface area (Å²) in [5.74, 6) is -1.16. The molecule has 2 heterocycles. The SMILES string of the molecule is Cc1cc(C)cc(N2C(=O)[C@@H]3N=NN(c4ccc(F)cc4)[C@H]3C2=O)c1. The Morgan fingerprint density at radius 2 is 1.56 bits per heavy atom. The monoisotopic (exact) mass is 338 g/mol.